The van der Waals surface area contributed by atoms with E-state index in [1.807, 2.05) is 31.4 Å². The summed E-state index contributed by atoms with van der Waals surface area (Å²) in [5.41, 5.74) is 0. The summed E-state index contributed by atoms with van der Waals surface area (Å²) in [5.74, 6) is 1.03. The van der Waals surface area contributed by atoms with Gasteiger partial charge in [-0.1, -0.05) is 19.9 Å². The average molecular weight is 328 g/mol. The quantitative estimate of drug-likeness (QED) is 0.819. The topological polar surface area (TPSA) is 71.3 Å². The Balaban J connectivity index is 2.08. The van der Waals surface area contributed by atoms with Gasteiger partial charge in [-0.05, 0) is 18.4 Å². The van der Waals surface area contributed by atoms with Crippen LogP contribution in [0.2, 0.25) is 0 Å². The molecule has 7 heteroatoms. The van der Waals surface area contributed by atoms with Crippen LogP contribution >= 0.6 is 11.3 Å². The second kappa shape index (κ2) is 6.74. The Morgan fingerprint density at radius 2 is 2.10 bits per heavy atom. The summed E-state index contributed by atoms with van der Waals surface area (Å²) in [4.78, 5) is 1.18. The van der Waals surface area contributed by atoms with Crippen molar-refractivity contribution in [3.8, 4) is 0 Å². The Hall–Kier alpha value is -1.15. The number of hydrogen-bond donors (Lipinski definition) is 2. The van der Waals surface area contributed by atoms with E-state index in [0.717, 1.165) is 4.88 Å². The molecule has 0 aliphatic carbocycles. The summed E-state index contributed by atoms with van der Waals surface area (Å²) in [7, 11) is -3.55. The van der Waals surface area contributed by atoms with Gasteiger partial charge in [0.1, 0.15) is 16.4 Å². The van der Waals surface area contributed by atoms with Crippen LogP contribution in [0.5, 0.6) is 0 Å². The van der Waals surface area contributed by atoms with Crippen molar-refractivity contribution in [1.82, 2.24) is 10.0 Å². The number of aryl methyl sites for hydroxylation is 1. The van der Waals surface area contributed by atoms with Crippen LogP contribution in [0.15, 0.2) is 32.9 Å². The molecule has 21 heavy (non-hydrogen) atoms. The van der Waals surface area contributed by atoms with E-state index in [0.29, 0.717) is 30.7 Å². The molecule has 0 spiro atoms. The van der Waals surface area contributed by atoms with E-state index in [-0.39, 0.29) is 4.90 Å². The Bertz CT molecular complexity index is 673. The third-order valence-electron chi connectivity index (χ3n) is 2.91. The monoisotopic (exact) mass is 328 g/mol. The van der Waals surface area contributed by atoms with Crippen molar-refractivity contribution in [2.75, 3.05) is 0 Å². The van der Waals surface area contributed by atoms with Crippen LogP contribution in [0.3, 0.4) is 0 Å². The highest BCUT2D eigenvalue weighted by atomic mass is 32.2. The molecule has 0 aliphatic rings. The minimum Gasteiger partial charge on any atom is -0.464 e. The zero-order valence-corrected chi connectivity index (χ0v) is 14.0. The van der Waals surface area contributed by atoms with E-state index in [2.05, 4.69) is 10.0 Å². The first-order valence-electron chi connectivity index (χ1n) is 6.73. The van der Waals surface area contributed by atoms with Gasteiger partial charge in [0.25, 0.3) is 0 Å². The van der Waals surface area contributed by atoms with Crippen LogP contribution < -0.4 is 10.0 Å². The predicted octanol–water partition coefficient (Wildman–Crippen LogP) is 2.63. The van der Waals surface area contributed by atoms with Gasteiger partial charge in [-0.25, -0.2) is 13.1 Å². The molecule has 5 nitrogen and oxygen atoms in total. The van der Waals surface area contributed by atoms with Gasteiger partial charge >= 0.3 is 0 Å². The summed E-state index contributed by atoms with van der Waals surface area (Å²) >= 11 is 1.52. The van der Waals surface area contributed by atoms with Crippen LogP contribution in [-0.4, -0.2) is 14.5 Å². The minimum absolute atomic E-state index is 0.208. The molecule has 2 aromatic heterocycles. The van der Waals surface area contributed by atoms with Crippen LogP contribution in [0, 0.1) is 6.92 Å². The maximum atomic E-state index is 12.3. The SMILES string of the molecule is Cc1oc(CNC(C)C)cc1S(=O)(=O)NCc1cccs1. The predicted molar refractivity (Wildman–Crippen MR) is 83.8 cm³/mol. The first-order chi connectivity index (χ1) is 9.88. The molecule has 0 fully saturated rings. The summed E-state index contributed by atoms with van der Waals surface area (Å²) in [6, 6.07) is 5.69. The summed E-state index contributed by atoms with van der Waals surface area (Å²) in [6.07, 6.45) is 0. The van der Waals surface area contributed by atoms with Gasteiger partial charge in [0.2, 0.25) is 10.0 Å². The normalized spacial score (nSPS) is 12.2. The Morgan fingerprint density at radius 1 is 1.33 bits per heavy atom. The third-order valence-corrected chi connectivity index (χ3v) is 5.30. The average Bonchev–Trinajstić information content (AvgIpc) is 3.03. The molecule has 0 aliphatic heterocycles. The summed E-state index contributed by atoms with van der Waals surface area (Å²) in [5, 5.41) is 5.12. The van der Waals surface area contributed by atoms with E-state index in [9.17, 15) is 8.42 Å². The largest absolute Gasteiger partial charge is 0.464 e. The molecule has 2 aromatic rings. The van der Waals surface area contributed by atoms with Crippen molar-refractivity contribution in [3.63, 3.8) is 0 Å². The highest BCUT2D eigenvalue weighted by Crippen LogP contribution is 2.20. The van der Waals surface area contributed by atoms with Gasteiger partial charge in [0.15, 0.2) is 0 Å². The van der Waals surface area contributed by atoms with Gasteiger partial charge in [0, 0.05) is 23.5 Å². The van der Waals surface area contributed by atoms with E-state index in [1.54, 1.807) is 13.0 Å². The van der Waals surface area contributed by atoms with Crippen LogP contribution in [0.4, 0.5) is 0 Å². The van der Waals surface area contributed by atoms with Crippen molar-refractivity contribution < 1.29 is 12.8 Å². The number of hydrogen-bond acceptors (Lipinski definition) is 5. The van der Waals surface area contributed by atoms with Crippen molar-refractivity contribution in [2.24, 2.45) is 0 Å². The maximum Gasteiger partial charge on any atom is 0.244 e. The molecule has 0 bridgehead atoms. The Kier molecular flexibility index (Phi) is 5.21. The summed E-state index contributed by atoms with van der Waals surface area (Å²) < 4.78 is 32.7. The van der Waals surface area contributed by atoms with E-state index >= 15 is 0 Å². The van der Waals surface area contributed by atoms with Gasteiger partial charge in [-0.15, -0.1) is 11.3 Å². The van der Waals surface area contributed by atoms with Crippen molar-refractivity contribution in [1.29, 1.82) is 0 Å². The third kappa shape index (κ3) is 4.41. The lowest BCUT2D eigenvalue weighted by Gasteiger charge is -2.04. The zero-order valence-electron chi connectivity index (χ0n) is 12.3. The number of thiophene rings is 1. The van der Waals surface area contributed by atoms with Gasteiger partial charge in [-0.3, -0.25) is 0 Å². The van der Waals surface area contributed by atoms with Gasteiger partial charge < -0.3 is 9.73 Å². The molecule has 0 atom stereocenters. The van der Waals surface area contributed by atoms with Gasteiger partial charge in [-0.2, -0.15) is 0 Å². The molecule has 116 valence electrons. The fourth-order valence-electron chi connectivity index (χ4n) is 1.84. The highest BCUT2D eigenvalue weighted by molar-refractivity contribution is 7.89. The lowest BCUT2D eigenvalue weighted by molar-refractivity contribution is 0.444. The van der Waals surface area contributed by atoms with E-state index < -0.39 is 10.0 Å². The Morgan fingerprint density at radius 3 is 2.71 bits per heavy atom. The lowest BCUT2D eigenvalue weighted by Crippen LogP contribution is -2.23. The fraction of sp³-hybridized carbons (Fsp3) is 0.429. The second-order valence-electron chi connectivity index (χ2n) is 5.07. The van der Waals surface area contributed by atoms with Crippen LogP contribution in [0.25, 0.3) is 0 Å². The van der Waals surface area contributed by atoms with Crippen LogP contribution in [0.1, 0.15) is 30.2 Å². The van der Waals surface area contributed by atoms with Crippen molar-refractivity contribution in [2.45, 2.75) is 44.8 Å². The summed E-state index contributed by atoms with van der Waals surface area (Å²) in [6.45, 7) is 6.52. The first kappa shape index (κ1) is 16.2. The molecule has 0 unspecified atom stereocenters. The number of nitrogens with one attached hydrogen (secondary N) is 2. The lowest BCUT2D eigenvalue weighted by atomic mass is 10.3. The number of sulfonamides is 1. The fourth-order valence-corrected chi connectivity index (χ4v) is 3.78. The molecule has 0 radical (unpaired) electrons. The molecular weight excluding hydrogens is 308 g/mol. The molecule has 2 rings (SSSR count). The van der Waals surface area contributed by atoms with Crippen molar-refractivity contribution in [3.05, 3.63) is 40.0 Å². The molecule has 0 saturated heterocycles. The zero-order chi connectivity index (χ0) is 15.5. The first-order valence-corrected chi connectivity index (χ1v) is 9.09. The molecular formula is C14H20N2O3S2. The van der Waals surface area contributed by atoms with Gasteiger partial charge in [0.05, 0.1) is 6.54 Å². The van der Waals surface area contributed by atoms with E-state index in [4.69, 9.17) is 4.42 Å². The second-order valence-corrected chi connectivity index (χ2v) is 7.84. The Labute approximate surface area is 129 Å². The smallest absolute Gasteiger partial charge is 0.244 e. The highest BCUT2D eigenvalue weighted by Gasteiger charge is 2.21. The molecule has 0 saturated carbocycles. The van der Waals surface area contributed by atoms with E-state index in [1.165, 1.54) is 11.3 Å². The molecule has 2 N–H and O–H groups in total. The van der Waals surface area contributed by atoms with Crippen LogP contribution in [-0.2, 0) is 23.1 Å². The van der Waals surface area contributed by atoms with Crippen molar-refractivity contribution >= 4 is 21.4 Å². The minimum atomic E-state index is -3.55. The molecule has 0 aromatic carbocycles. The molecule has 2 heterocycles. The number of furan rings is 1. The molecule has 0 amide bonds. The maximum absolute atomic E-state index is 12.3. The number of rotatable bonds is 7. The standard InChI is InChI=1S/C14H20N2O3S2/c1-10(2)15-8-12-7-14(11(3)19-12)21(17,18)16-9-13-5-4-6-20-13/h4-7,10,15-16H,8-9H2,1-3H3.